The van der Waals surface area contributed by atoms with Crippen molar-refractivity contribution in [1.82, 2.24) is 9.55 Å². The highest BCUT2D eigenvalue weighted by molar-refractivity contribution is 6.39. The number of fused-ring (bicyclic) bond motifs is 1. The van der Waals surface area contributed by atoms with E-state index in [-0.39, 0.29) is 5.75 Å². The van der Waals surface area contributed by atoms with Crippen LogP contribution in [0.5, 0.6) is 5.75 Å². The Kier molecular flexibility index (Phi) is 3.97. The Morgan fingerprint density at radius 1 is 1.25 bits per heavy atom. The molecule has 3 rings (SSSR count). The molecule has 2 heterocycles. The molecule has 0 saturated carbocycles. The van der Waals surface area contributed by atoms with Crippen LogP contribution < -0.4 is 0 Å². The van der Waals surface area contributed by atoms with Crippen molar-refractivity contribution in [1.29, 1.82) is 0 Å². The second-order valence-electron chi connectivity index (χ2n) is 6.43. The zero-order valence-corrected chi connectivity index (χ0v) is 14.3. The summed E-state index contributed by atoms with van der Waals surface area (Å²) in [4.78, 5) is 16.7. The van der Waals surface area contributed by atoms with E-state index in [1.165, 1.54) is 16.8 Å². The van der Waals surface area contributed by atoms with Crippen molar-refractivity contribution < 1.29 is 14.6 Å². The molecule has 0 fully saturated rings. The van der Waals surface area contributed by atoms with Gasteiger partial charge in [0.05, 0.1) is 22.4 Å². The molecule has 0 unspecified atom stereocenters. The van der Waals surface area contributed by atoms with E-state index in [1.807, 2.05) is 18.2 Å². The average Bonchev–Trinajstić information content (AvgIpc) is 2.79. The van der Waals surface area contributed by atoms with E-state index in [1.54, 1.807) is 33.0 Å². The average molecular weight is 345 g/mol. The zero-order chi connectivity index (χ0) is 17.5. The van der Waals surface area contributed by atoms with E-state index in [0.29, 0.717) is 21.8 Å². The van der Waals surface area contributed by atoms with Crippen molar-refractivity contribution in [2.24, 2.45) is 0 Å². The number of hydrogen-bond donors (Lipinski definition) is 1. The molecule has 0 bridgehead atoms. The number of nitrogens with zero attached hydrogens (tertiary/aromatic N) is 2. The smallest absolute Gasteiger partial charge is 0.419 e. The van der Waals surface area contributed by atoms with Crippen LogP contribution in [0.2, 0.25) is 5.02 Å². The molecule has 3 aromatic rings. The molecule has 0 radical (unpaired) electrons. The maximum atomic E-state index is 12.8. The third kappa shape index (κ3) is 2.95. The summed E-state index contributed by atoms with van der Waals surface area (Å²) < 4.78 is 6.94. The van der Waals surface area contributed by atoms with E-state index >= 15 is 0 Å². The maximum absolute atomic E-state index is 12.8. The Morgan fingerprint density at radius 3 is 2.62 bits per heavy atom. The van der Waals surface area contributed by atoms with Gasteiger partial charge in [-0.2, -0.15) is 0 Å². The van der Waals surface area contributed by atoms with Gasteiger partial charge in [0.1, 0.15) is 11.4 Å². The molecule has 0 amide bonds. The highest BCUT2D eigenvalue weighted by Gasteiger charge is 2.26. The van der Waals surface area contributed by atoms with Gasteiger partial charge in [0.2, 0.25) is 0 Å². The molecule has 2 aromatic heterocycles. The summed E-state index contributed by atoms with van der Waals surface area (Å²) in [6.45, 7) is 5.40. The van der Waals surface area contributed by atoms with Crippen LogP contribution in [0, 0.1) is 0 Å². The Bertz CT molecular complexity index is 926. The van der Waals surface area contributed by atoms with Crippen LogP contribution in [-0.2, 0) is 4.74 Å². The van der Waals surface area contributed by atoms with Crippen LogP contribution in [0.3, 0.4) is 0 Å². The van der Waals surface area contributed by atoms with Gasteiger partial charge in [0.25, 0.3) is 0 Å². The summed E-state index contributed by atoms with van der Waals surface area (Å²) in [7, 11) is 0. The monoisotopic (exact) mass is 344 g/mol. The Balaban J connectivity index is 2.30. The van der Waals surface area contributed by atoms with E-state index in [4.69, 9.17) is 16.3 Å². The Labute approximate surface area is 144 Å². The number of aromatic hydroxyl groups is 1. The van der Waals surface area contributed by atoms with E-state index in [9.17, 15) is 9.90 Å². The van der Waals surface area contributed by atoms with Crippen molar-refractivity contribution in [3.63, 3.8) is 0 Å². The molecule has 1 N–H and O–H groups in total. The first-order valence-electron chi connectivity index (χ1n) is 7.44. The van der Waals surface area contributed by atoms with Crippen molar-refractivity contribution in [2.75, 3.05) is 0 Å². The molecule has 0 spiro atoms. The first-order chi connectivity index (χ1) is 11.3. The Morgan fingerprint density at radius 2 is 1.96 bits per heavy atom. The second kappa shape index (κ2) is 5.83. The van der Waals surface area contributed by atoms with Crippen LogP contribution in [0.1, 0.15) is 20.8 Å². The van der Waals surface area contributed by atoms with Crippen molar-refractivity contribution in [3.8, 4) is 17.0 Å². The molecule has 0 aliphatic carbocycles. The number of rotatable bonds is 1. The molecular formula is C18H17ClN2O3. The molecule has 0 aliphatic rings. The van der Waals surface area contributed by atoms with Crippen LogP contribution in [-0.4, -0.2) is 26.4 Å². The predicted molar refractivity (Wildman–Crippen MR) is 93.5 cm³/mol. The number of benzene rings is 1. The maximum Gasteiger partial charge on any atom is 0.419 e. The zero-order valence-electron chi connectivity index (χ0n) is 13.6. The van der Waals surface area contributed by atoms with Crippen LogP contribution in [0.15, 0.2) is 42.7 Å². The largest absolute Gasteiger partial charge is 0.506 e. The van der Waals surface area contributed by atoms with Crippen LogP contribution >= 0.6 is 11.6 Å². The van der Waals surface area contributed by atoms with Crippen molar-refractivity contribution in [2.45, 2.75) is 26.4 Å². The van der Waals surface area contributed by atoms with Gasteiger partial charge in [-0.15, -0.1) is 0 Å². The van der Waals surface area contributed by atoms with Crippen LogP contribution in [0.4, 0.5) is 4.79 Å². The molecule has 0 atom stereocenters. The quantitative estimate of drug-likeness (QED) is 0.685. The van der Waals surface area contributed by atoms with Gasteiger partial charge in [-0.3, -0.25) is 4.98 Å². The number of carbonyl (C=O) groups is 1. The number of para-hydroxylation sites is 1. The van der Waals surface area contributed by atoms with E-state index in [2.05, 4.69) is 4.98 Å². The predicted octanol–water partition coefficient (Wildman–Crippen LogP) is 4.85. The summed E-state index contributed by atoms with van der Waals surface area (Å²) in [6.07, 6.45) is 2.32. The van der Waals surface area contributed by atoms with Gasteiger partial charge in [-0.05, 0) is 32.9 Å². The number of hydrogen-bond acceptors (Lipinski definition) is 4. The van der Waals surface area contributed by atoms with Crippen LogP contribution in [0.25, 0.3) is 22.2 Å². The first-order valence-corrected chi connectivity index (χ1v) is 7.82. The molecule has 1 aromatic carbocycles. The lowest BCUT2D eigenvalue weighted by Crippen LogP contribution is -2.27. The molecule has 6 heteroatoms. The van der Waals surface area contributed by atoms with Gasteiger partial charge in [0.15, 0.2) is 0 Å². The van der Waals surface area contributed by atoms with Gasteiger partial charge >= 0.3 is 6.09 Å². The van der Waals surface area contributed by atoms with E-state index in [0.717, 1.165) is 5.39 Å². The third-order valence-electron chi connectivity index (χ3n) is 3.39. The van der Waals surface area contributed by atoms with Crippen molar-refractivity contribution in [3.05, 3.63) is 47.7 Å². The third-order valence-corrected chi connectivity index (χ3v) is 3.77. The summed E-state index contributed by atoms with van der Waals surface area (Å²) in [6, 6.07) is 8.80. The molecule has 0 aliphatic heterocycles. The van der Waals surface area contributed by atoms with E-state index < -0.39 is 11.7 Å². The number of aromatic nitrogens is 2. The normalized spacial score (nSPS) is 11.7. The van der Waals surface area contributed by atoms with Crippen molar-refractivity contribution >= 4 is 28.6 Å². The molecule has 0 saturated heterocycles. The number of pyridine rings is 1. The fourth-order valence-electron chi connectivity index (χ4n) is 2.51. The van der Waals surface area contributed by atoms with Gasteiger partial charge < -0.3 is 9.84 Å². The van der Waals surface area contributed by atoms with Gasteiger partial charge in [0, 0.05) is 17.1 Å². The molecule has 5 nitrogen and oxygen atoms in total. The topological polar surface area (TPSA) is 64.4 Å². The lowest BCUT2D eigenvalue weighted by atomic mass is 10.2. The fraction of sp³-hybridized carbons (Fsp3) is 0.222. The summed E-state index contributed by atoms with van der Waals surface area (Å²) in [5, 5.41) is 10.9. The molecular weight excluding hydrogens is 328 g/mol. The fourth-order valence-corrected chi connectivity index (χ4v) is 2.86. The van der Waals surface area contributed by atoms with Gasteiger partial charge in [-0.25, -0.2) is 9.36 Å². The lowest BCUT2D eigenvalue weighted by molar-refractivity contribution is 0.0547. The number of carbonyl (C=O) groups excluding carboxylic acids is 1. The minimum Gasteiger partial charge on any atom is -0.506 e. The molecule has 24 heavy (non-hydrogen) atoms. The highest BCUT2D eigenvalue weighted by atomic mass is 35.5. The summed E-state index contributed by atoms with van der Waals surface area (Å²) >= 11 is 6.53. The first kappa shape index (κ1) is 16.3. The van der Waals surface area contributed by atoms with Gasteiger partial charge in [-0.1, -0.05) is 29.8 Å². The minimum atomic E-state index is -0.650. The SMILES string of the molecule is CC(C)(C)OC(=O)n1c(-c2cncc(O)c2)c(Cl)c2ccccc21. The number of ether oxygens (including phenoxy) is 1. The minimum absolute atomic E-state index is 0.00967. The summed E-state index contributed by atoms with van der Waals surface area (Å²) in [5.41, 5.74) is 0.955. The number of halogens is 1. The molecule has 124 valence electrons. The highest BCUT2D eigenvalue weighted by Crippen LogP contribution is 2.38. The Hall–Kier alpha value is -2.53. The second-order valence-corrected chi connectivity index (χ2v) is 6.81. The summed E-state index contributed by atoms with van der Waals surface area (Å²) in [5.74, 6) is -0.00967. The standard InChI is InChI=1S/C18H17ClN2O3/c1-18(2,3)24-17(23)21-14-7-5-4-6-13(14)15(19)16(21)11-8-12(22)10-20-9-11/h4-10,22H,1-3H3. The lowest BCUT2D eigenvalue weighted by Gasteiger charge is -2.21.